The number of anilines is 1. The smallest absolute Gasteiger partial charge is 0.128 e. The summed E-state index contributed by atoms with van der Waals surface area (Å²) in [4.78, 5) is 9.81. The second-order valence-corrected chi connectivity index (χ2v) is 7.85. The Morgan fingerprint density at radius 2 is 1.85 bits per heavy atom. The first kappa shape index (κ1) is 17.3. The van der Waals surface area contributed by atoms with Crippen molar-refractivity contribution >= 4 is 11.9 Å². The summed E-state index contributed by atoms with van der Waals surface area (Å²) in [5.74, 6) is 2.09. The fourth-order valence-corrected chi connectivity index (χ4v) is 3.83. The molecule has 2 fully saturated rings. The Morgan fingerprint density at radius 1 is 1.08 bits per heavy atom. The van der Waals surface area contributed by atoms with Gasteiger partial charge in [-0.3, -0.25) is 4.90 Å². The maximum atomic E-state index is 4.77. The molecule has 1 saturated carbocycles. The number of aromatic nitrogens is 1. The van der Waals surface area contributed by atoms with E-state index in [0.717, 1.165) is 24.8 Å². The molecular weight excluding hydrogens is 318 g/mol. The summed E-state index contributed by atoms with van der Waals surface area (Å²) in [5, 5.41) is 0. The van der Waals surface area contributed by atoms with Gasteiger partial charge in [0, 0.05) is 44.5 Å². The minimum Gasteiger partial charge on any atom is -0.354 e. The number of rotatable bonds is 5. The molecule has 1 aliphatic carbocycles. The Bertz CT molecular complexity index is 782. The van der Waals surface area contributed by atoms with Crippen LogP contribution in [-0.4, -0.2) is 42.6 Å². The average Bonchev–Trinajstić information content (AvgIpc) is 3.49. The van der Waals surface area contributed by atoms with Gasteiger partial charge in [-0.15, -0.1) is 0 Å². The van der Waals surface area contributed by atoms with Gasteiger partial charge < -0.3 is 4.90 Å². The minimum absolute atomic E-state index is 0.984. The first-order chi connectivity index (χ1) is 12.6. The lowest BCUT2D eigenvalue weighted by molar-refractivity contribution is 0.247. The molecule has 0 atom stereocenters. The lowest BCUT2D eigenvalue weighted by Crippen LogP contribution is -2.47. The molecule has 1 saturated heterocycles. The number of aryl methyl sites for hydroxylation is 1. The Balaban J connectivity index is 1.45. The Kier molecular flexibility index (Phi) is 4.82. The summed E-state index contributed by atoms with van der Waals surface area (Å²) in [6, 6.07) is 8.84. The van der Waals surface area contributed by atoms with Crippen LogP contribution >= 0.6 is 0 Å². The largest absolute Gasteiger partial charge is 0.354 e. The molecule has 0 N–H and O–H groups in total. The molecule has 1 aromatic heterocycles. The Labute approximate surface area is 157 Å². The standard InChI is InChI=1S/C23H29N3/c1-4-20-14-22(13-17(2)18(20)3)21-7-8-23(24-15-21)26-11-9-25(10-12-26)16-19-5-6-19/h4,7-8,13-15,19H,1,5-6,9-12,16H2,2-3H3. The predicted octanol–water partition coefficient (Wildman–Crippen LogP) is 4.54. The van der Waals surface area contributed by atoms with Crippen molar-refractivity contribution < 1.29 is 0 Å². The summed E-state index contributed by atoms with van der Waals surface area (Å²) in [6.45, 7) is 14.1. The van der Waals surface area contributed by atoms with E-state index in [2.05, 4.69) is 54.5 Å². The third-order valence-electron chi connectivity index (χ3n) is 5.92. The van der Waals surface area contributed by atoms with Gasteiger partial charge in [0.2, 0.25) is 0 Å². The first-order valence-electron chi connectivity index (χ1n) is 9.81. The second kappa shape index (κ2) is 7.24. The molecule has 4 rings (SSSR count). The van der Waals surface area contributed by atoms with E-state index in [1.807, 2.05) is 12.3 Å². The van der Waals surface area contributed by atoms with Gasteiger partial charge >= 0.3 is 0 Å². The van der Waals surface area contributed by atoms with Crippen molar-refractivity contribution in [1.29, 1.82) is 0 Å². The first-order valence-corrected chi connectivity index (χ1v) is 9.81. The van der Waals surface area contributed by atoms with Crippen molar-refractivity contribution in [2.75, 3.05) is 37.6 Å². The van der Waals surface area contributed by atoms with Crippen molar-refractivity contribution in [3.63, 3.8) is 0 Å². The Hall–Kier alpha value is -2.13. The SMILES string of the molecule is C=Cc1cc(-c2ccc(N3CCN(CC4CC4)CC3)nc2)cc(C)c1C. The van der Waals surface area contributed by atoms with Crippen molar-refractivity contribution in [3.05, 3.63) is 53.7 Å². The highest BCUT2D eigenvalue weighted by molar-refractivity contribution is 5.70. The highest BCUT2D eigenvalue weighted by Gasteiger charge is 2.26. The van der Waals surface area contributed by atoms with Gasteiger partial charge in [-0.25, -0.2) is 4.98 Å². The lowest BCUT2D eigenvalue weighted by atomic mass is 9.96. The van der Waals surface area contributed by atoms with E-state index in [0.29, 0.717) is 0 Å². The Morgan fingerprint density at radius 3 is 2.46 bits per heavy atom. The summed E-state index contributed by atoms with van der Waals surface area (Å²) < 4.78 is 0. The maximum Gasteiger partial charge on any atom is 0.128 e. The zero-order valence-corrected chi connectivity index (χ0v) is 16.0. The third-order valence-corrected chi connectivity index (χ3v) is 5.92. The predicted molar refractivity (Wildman–Crippen MR) is 111 cm³/mol. The highest BCUT2D eigenvalue weighted by atomic mass is 15.3. The number of benzene rings is 1. The van der Waals surface area contributed by atoms with Crippen LogP contribution in [-0.2, 0) is 0 Å². The van der Waals surface area contributed by atoms with Crippen LogP contribution in [0, 0.1) is 19.8 Å². The molecule has 0 bridgehead atoms. The average molecular weight is 348 g/mol. The van der Waals surface area contributed by atoms with Crippen LogP contribution in [0.5, 0.6) is 0 Å². The van der Waals surface area contributed by atoms with E-state index in [1.54, 1.807) is 0 Å². The number of hydrogen-bond donors (Lipinski definition) is 0. The van der Waals surface area contributed by atoms with Gasteiger partial charge in [0.05, 0.1) is 0 Å². The molecule has 1 aliphatic heterocycles. The molecule has 0 spiro atoms. The zero-order valence-electron chi connectivity index (χ0n) is 16.0. The van der Waals surface area contributed by atoms with Crippen LogP contribution in [0.15, 0.2) is 37.0 Å². The third kappa shape index (κ3) is 3.68. The minimum atomic E-state index is 0.984. The molecule has 1 aromatic carbocycles. The van der Waals surface area contributed by atoms with Crippen LogP contribution in [0.3, 0.4) is 0 Å². The van der Waals surface area contributed by atoms with Gasteiger partial charge in [-0.2, -0.15) is 0 Å². The van der Waals surface area contributed by atoms with E-state index in [1.165, 1.54) is 60.3 Å². The maximum absolute atomic E-state index is 4.77. The number of pyridine rings is 1. The number of hydrogen-bond acceptors (Lipinski definition) is 3. The molecular formula is C23H29N3. The van der Waals surface area contributed by atoms with E-state index < -0.39 is 0 Å². The van der Waals surface area contributed by atoms with Crippen molar-refractivity contribution in [2.24, 2.45) is 5.92 Å². The van der Waals surface area contributed by atoms with E-state index in [4.69, 9.17) is 4.98 Å². The summed E-state index contributed by atoms with van der Waals surface area (Å²) >= 11 is 0. The lowest BCUT2D eigenvalue weighted by Gasteiger charge is -2.35. The van der Waals surface area contributed by atoms with Gasteiger partial charge in [-0.1, -0.05) is 18.7 Å². The van der Waals surface area contributed by atoms with E-state index in [-0.39, 0.29) is 0 Å². The topological polar surface area (TPSA) is 19.4 Å². The molecule has 136 valence electrons. The summed E-state index contributed by atoms with van der Waals surface area (Å²) in [5.41, 5.74) is 6.20. The van der Waals surface area contributed by atoms with Gasteiger partial charge in [0.15, 0.2) is 0 Å². The summed E-state index contributed by atoms with van der Waals surface area (Å²) in [7, 11) is 0. The fourth-order valence-electron chi connectivity index (χ4n) is 3.83. The molecule has 2 aromatic rings. The molecule has 2 heterocycles. The molecule has 3 heteroatoms. The number of nitrogens with zero attached hydrogens (tertiary/aromatic N) is 3. The van der Waals surface area contributed by atoms with Crippen LogP contribution in [0.25, 0.3) is 17.2 Å². The van der Waals surface area contributed by atoms with Crippen molar-refractivity contribution in [2.45, 2.75) is 26.7 Å². The second-order valence-electron chi connectivity index (χ2n) is 7.85. The van der Waals surface area contributed by atoms with Crippen LogP contribution in [0.2, 0.25) is 0 Å². The van der Waals surface area contributed by atoms with Crippen LogP contribution < -0.4 is 4.90 Å². The van der Waals surface area contributed by atoms with Gasteiger partial charge in [0.25, 0.3) is 0 Å². The normalized spacial score (nSPS) is 18.2. The fraction of sp³-hybridized carbons (Fsp3) is 0.435. The molecule has 2 aliphatic rings. The molecule has 26 heavy (non-hydrogen) atoms. The van der Waals surface area contributed by atoms with Gasteiger partial charge in [-0.05, 0) is 73.1 Å². The summed E-state index contributed by atoms with van der Waals surface area (Å²) in [6.07, 6.45) is 6.84. The zero-order chi connectivity index (χ0) is 18.1. The molecule has 0 amide bonds. The molecule has 0 radical (unpaired) electrons. The van der Waals surface area contributed by atoms with Crippen molar-refractivity contribution in [3.8, 4) is 11.1 Å². The van der Waals surface area contributed by atoms with Crippen LogP contribution in [0.4, 0.5) is 5.82 Å². The van der Waals surface area contributed by atoms with Gasteiger partial charge in [0.1, 0.15) is 5.82 Å². The monoisotopic (exact) mass is 347 g/mol. The quantitative estimate of drug-likeness (QED) is 0.791. The molecule has 3 nitrogen and oxygen atoms in total. The molecule has 0 unspecified atom stereocenters. The van der Waals surface area contributed by atoms with E-state index in [9.17, 15) is 0 Å². The van der Waals surface area contributed by atoms with E-state index >= 15 is 0 Å². The van der Waals surface area contributed by atoms with Crippen LogP contribution in [0.1, 0.15) is 29.5 Å². The highest BCUT2D eigenvalue weighted by Crippen LogP contribution is 2.30. The number of piperazine rings is 1. The van der Waals surface area contributed by atoms with Crippen molar-refractivity contribution in [1.82, 2.24) is 9.88 Å².